The van der Waals surface area contributed by atoms with Crippen LogP contribution in [0.25, 0.3) is 55.2 Å². The molecule has 3 heterocycles. The second-order valence-electron chi connectivity index (χ2n) is 11.2. The minimum Gasteiger partial charge on any atom is -0.501 e. The molecule has 0 unspecified atom stereocenters. The van der Waals surface area contributed by atoms with Gasteiger partial charge in [0.2, 0.25) is 0 Å². The molecule has 0 saturated carbocycles. The Morgan fingerprint density at radius 3 is 2.24 bits per heavy atom. The van der Waals surface area contributed by atoms with Crippen LogP contribution in [0.4, 0.5) is 0 Å². The van der Waals surface area contributed by atoms with Crippen LogP contribution in [-0.4, -0.2) is 18.0 Å². The Morgan fingerprint density at radius 2 is 1.57 bits per heavy atom. The van der Waals surface area contributed by atoms with E-state index in [1.54, 1.807) is 19.1 Å². The summed E-state index contributed by atoms with van der Waals surface area (Å²) >= 11 is 0. The van der Waals surface area contributed by atoms with E-state index in [0.29, 0.717) is 22.4 Å². The molecule has 5 heteroatoms. The molecular formula is C37H32IrN2OSi-2. The van der Waals surface area contributed by atoms with E-state index in [4.69, 9.17) is 9.90 Å². The SMILES string of the molecule is C[Si](C)(C)c1ccc(-c2[c-]cccc2)nc1.[2H]c1nc(-c2[c-]ccc3c2oc2cc4ccccc4cc23)cc(C)c1C([2H])([2H])[2H].[Ir]. The summed E-state index contributed by atoms with van der Waals surface area (Å²) < 4.78 is 37.3. The van der Waals surface area contributed by atoms with Crippen LogP contribution in [0.3, 0.4) is 0 Å². The van der Waals surface area contributed by atoms with E-state index in [2.05, 4.69) is 66.0 Å². The fourth-order valence-corrected chi connectivity index (χ4v) is 5.84. The van der Waals surface area contributed by atoms with Gasteiger partial charge in [-0.15, -0.1) is 54.1 Å². The van der Waals surface area contributed by atoms with Crippen LogP contribution in [0.15, 0.2) is 108 Å². The van der Waals surface area contributed by atoms with Gasteiger partial charge in [0.25, 0.3) is 0 Å². The molecule has 3 nitrogen and oxygen atoms in total. The fourth-order valence-electron chi connectivity index (χ4n) is 4.81. The van der Waals surface area contributed by atoms with Gasteiger partial charge in [-0.3, -0.25) is 0 Å². The zero-order valence-electron chi connectivity index (χ0n) is 27.9. The van der Waals surface area contributed by atoms with Crippen molar-refractivity contribution >= 4 is 46.0 Å². The van der Waals surface area contributed by atoms with E-state index in [-0.39, 0.29) is 31.8 Å². The largest absolute Gasteiger partial charge is 0.501 e. The van der Waals surface area contributed by atoms with Crippen LogP contribution in [-0.2, 0) is 20.1 Å². The third-order valence-corrected chi connectivity index (χ3v) is 9.23. The molecule has 0 bridgehead atoms. The van der Waals surface area contributed by atoms with Crippen molar-refractivity contribution < 1.29 is 30.0 Å². The molecule has 0 atom stereocenters. The fraction of sp³-hybridized carbons (Fsp3) is 0.135. The topological polar surface area (TPSA) is 38.9 Å². The molecule has 0 aliphatic carbocycles. The molecule has 7 aromatic rings. The van der Waals surface area contributed by atoms with Crippen LogP contribution in [0.1, 0.15) is 16.6 Å². The van der Waals surface area contributed by atoms with Crippen LogP contribution in [0.2, 0.25) is 19.6 Å². The smallest absolute Gasteiger partial charge is 0.121 e. The average Bonchev–Trinajstić information content (AvgIpc) is 3.37. The first-order valence-corrected chi connectivity index (χ1v) is 17.1. The third kappa shape index (κ3) is 6.00. The van der Waals surface area contributed by atoms with Crippen molar-refractivity contribution in [3.8, 4) is 22.5 Å². The Bertz CT molecular complexity index is 2130. The van der Waals surface area contributed by atoms with E-state index in [0.717, 1.165) is 38.4 Å². The zero-order chi connectivity index (χ0) is 31.9. The molecule has 0 saturated heterocycles. The van der Waals surface area contributed by atoms with Crippen LogP contribution >= 0.6 is 0 Å². The number of nitrogens with zero attached hydrogens (tertiary/aromatic N) is 2. The summed E-state index contributed by atoms with van der Waals surface area (Å²) in [5.74, 6) is 0. The number of aromatic nitrogens is 2. The molecule has 0 amide bonds. The number of fused-ring (bicyclic) bond motifs is 4. The predicted molar refractivity (Wildman–Crippen MR) is 174 cm³/mol. The standard InChI is InChI=1S/C23H16NO.C14H16NSi.Ir/c1-14-10-21(24-13-15(14)2)19-9-5-8-18-20-11-16-6-3-4-7-17(16)12-22(20)25-23(18)19;1-16(2,3)13-9-10-14(15-11-13)12-7-5-4-6-8-12;/h3-8,10-13H,1-2H3;4-7,9-11H,1-3H3;/q2*-1;/i2D3,13D;;. The monoisotopic (exact) mass is 745 g/mol. The summed E-state index contributed by atoms with van der Waals surface area (Å²) in [7, 11) is -1.23. The first-order valence-electron chi connectivity index (χ1n) is 15.6. The van der Waals surface area contributed by atoms with E-state index in [1.165, 1.54) is 5.19 Å². The number of benzene rings is 4. The van der Waals surface area contributed by atoms with Crippen molar-refractivity contribution in [3.05, 3.63) is 127 Å². The molecule has 42 heavy (non-hydrogen) atoms. The van der Waals surface area contributed by atoms with Gasteiger partial charge in [-0.1, -0.05) is 78.6 Å². The summed E-state index contributed by atoms with van der Waals surface area (Å²) in [5, 5.41) is 5.55. The summed E-state index contributed by atoms with van der Waals surface area (Å²) in [4.78, 5) is 8.78. The van der Waals surface area contributed by atoms with Gasteiger partial charge in [-0.2, -0.15) is 0 Å². The van der Waals surface area contributed by atoms with Gasteiger partial charge in [-0.05, 0) is 58.8 Å². The summed E-state index contributed by atoms with van der Waals surface area (Å²) in [6.45, 7) is 6.31. The van der Waals surface area contributed by atoms with Gasteiger partial charge < -0.3 is 14.4 Å². The summed E-state index contributed by atoms with van der Waals surface area (Å²) in [6, 6.07) is 36.3. The van der Waals surface area contributed by atoms with Crippen LogP contribution in [0, 0.1) is 25.9 Å². The quantitative estimate of drug-likeness (QED) is 0.134. The zero-order valence-corrected chi connectivity index (χ0v) is 27.3. The summed E-state index contributed by atoms with van der Waals surface area (Å²) in [6.07, 6.45) is 1.77. The Morgan fingerprint density at radius 1 is 0.786 bits per heavy atom. The van der Waals surface area contributed by atoms with Crippen molar-refractivity contribution in [1.82, 2.24) is 9.97 Å². The normalized spacial score (nSPS) is 13.0. The van der Waals surface area contributed by atoms with E-state index >= 15 is 0 Å². The van der Waals surface area contributed by atoms with Gasteiger partial charge in [-0.25, -0.2) is 0 Å². The van der Waals surface area contributed by atoms with Crippen molar-refractivity contribution in [2.45, 2.75) is 33.4 Å². The van der Waals surface area contributed by atoms with E-state index in [9.17, 15) is 0 Å². The molecular weight excluding hydrogens is 709 g/mol. The maximum Gasteiger partial charge on any atom is 0.121 e. The number of furan rings is 1. The van der Waals surface area contributed by atoms with E-state index < -0.39 is 14.9 Å². The van der Waals surface area contributed by atoms with Crippen molar-refractivity contribution in [3.63, 3.8) is 0 Å². The first kappa shape index (κ1) is 24.7. The molecule has 0 N–H and O–H groups in total. The molecule has 0 fully saturated rings. The van der Waals surface area contributed by atoms with Crippen LogP contribution < -0.4 is 5.19 Å². The molecule has 211 valence electrons. The maximum atomic E-state index is 8.16. The van der Waals surface area contributed by atoms with Gasteiger partial charge in [0.15, 0.2) is 0 Å². The molecule has 0 aliphatic heterocycles. The third-order valence-electron chi connectivity index (χ3n) is 7.21. The Hall–Kier alpha value is -3.89. The predicted octanol–water partition coefficient (Wildman–Crippen LogP) is 9.31. The Labute approximate surface area is 267 Å². The first-order chi connectivity index (χ1) is 21.4. The van der Waals surface area contributed by atoms with E-state index in [1.807, 2.05) is 60.8 Å². The number of hydrogen-bond acceptors (Lipinski definition) is 3. The maximum absolute atomic E-state index is 8.16. The number of pyridine rings is 2. The minimum atomic E-state index is -2.37. The van der Waals surface area contributed by atoms with Gasteiger partial charge in [0.05, 0.1) is 15.0 Å². The number of hydrogen-bond donors (Lipinski definition) is 0. The number of aryl methyl sites for hydroxylation is 1. The molecule has 4 aromatic carbocycles. The van der Waals surface area contributed by atoms with Crippen molar-refractivity contribution in [2.24, 2.45) is 0 Å². The Kier molecular flexibility index (Phi) is 7.14. The van der Waals surface area contributed by atoms with Gasteiger partial charge >= 0.3 is 0 Å². The van der Waals surface area contributed by atoms with Crippen LogP contribution in [0.5, 0.6) is 0 Å². The molecule has 0 aliphatic rings. The molecule has 7 rings (SSSR count). The second-order valence-corrected chi connectivity index (χ2v) is 16.2. The van der Waals surface area contributed by atoms with Gasteiger partial charge in [0.1, 0.15) is 5.58 Å². The summed E-state index contributed by atoms with van der Waals surface area (Å²) in [5.41, 5.74) is 5.04. The average molecular weight is 745 g/mol. The van der Waals surface area contributed by atoms with Gasteiger partial charge in [0, 0.05) is 42.0 Å². The molecule has 0 spiro atoms. The minimum absolute atomic E-state index is 0. The molecule has 3 aromatic heterocycles. The second kappa shape index (κ2) is 12.1. The molecule has 1 radical (unpaired) electrons. The Balaban J connectivity index is 0.000000209. The van der Waals surface area contributed by atoms with Crippen molar-refractivity contribution in [1.29, 1.82) is 0 Å². The van der Waals surface area contributed by atoms with Crippen molar-refractivity contribution in [2.75, 3.05) is 0 Å². The number of rotatable bonds is 3.